The standard InChI is InChI=1S/C34H30NO5P/c1-24(36)29-23-35(30-22-14-13-21-28(29)30)31(33(37)39-2)32(34(38)40-3)41(25-15-7-4-8-16-25,26-17-9-5-10-18-26)27-19-11-6-12-20-27/h4-23,31H,1-3H3. The van der Waals surface area contributed by atoms with Gasteiger partial charge in [0, 0.05) is 22.7 Å². The molecule has 6 nitrogen and oxygen atoms in total. The first-order valence-electron chi connectivity index (χ1n) is 13.1. The Balaban J connectivity index is 2.09. The molecule has 0 radical (unpaired) electrons. The molecule has 0 amide bonds. The van der Waals surface area contributed by atoms with Crippen molar-refractivity contribution >= 4 is 56.7 Å². The molecule has 0 spiro atoms. The van der Waals surface area contributed by atoms with E-state index in [2.05, 4.69) is 0 Å². The average molecular weight is 564 g/mol. The van der Waals surface area contributed by atoms with Crippen LogP contribution in [0, 0.1) is 0 Å². The third-order valence-corrected chi connectivity index (χ3v) is 11.6. The third-order valence-electron chi connectivity index (χ3n) is 7.27. The van der Waals surface area contributed by atoms with Crippen molar-refractivity contribution in [3.8, 4) is 0 Å². The smallest absolute Gasteiger partial charge is 0.337 e. The van der Waals surface area contributed by atoms with Crippen molar-refractivity contribution in [3.05, 3.63) is 127 Å². The SMILES string of the molecule is COC(=O)C(C(C(=O)OC)n1cc(C(C)=O)c2ccccc21)=P(c1ccccc1)(c1ccccc1)c1ccccc1. The number of carbonyl (C=O) groups is 3. The monoisotopic (exact) mass is 563 g/mol. The first-order chi connectivity index (χ1) is 19.9. The number of benzene rings is 4. The highest BCUT2D eigenvalue weighted by molar-refractivity contribution is 7.96. The summed E-state index contributed by atoms with van der Waals surface area (Å²) in [6.07, 6.45) is 1.65. The summed E-state index contributed by atoms with van der Waals surface area (Å²) in [7, 11) is 2.62. The van der Waals surface area contributed by atoms with Gasteiger partial charge in [0.05, 0.1) is 19.5 Å². The second kappa shape index (κ2) is 11.8. The number of ether oxygens (including phenoxy) is 2. The summed E-state index contributed by atoms with van der Waals surface area (Å²) in [4.78, 5) is 41.0. The normalized spacial score (nSPS) is 12.0. The van der Waals surface area contributed by atoms with Crippen LogP contribution in [0.1, 0.15) is 23.3 Å². The van der Waals surface area contributed by atoms with E-state index in [0.717, 1.165) is 15.9 Å². The Labute approximate surface area is 239 Å². The van der Waals surface area contributed by atoms with Crippen LogP contribution in [0.25, 0.3) is 10.9 Å². The number of nitrogens with zero attached hydrogens (tertiary/aromatic N) is 1. The Morgan fingerprint density at radius 3 is 1.56 bits per heavy atom. The van der Waals surface area contributed by atoms with E-state index in [1.807, 2.05) is 115 Å². The number of fused-ring (bicyclic) bond motifs is 1. The van der Waals surface area contributed by atoms with Gasteiger partial charge in [0.1, 0.15) is 0 Å². The van der Waals surface area contributed by atoms with Crippen molar-refractivity contribution in [1.82, 2.24) is 4.57 Å². The van der Waals surface area contributed by atoms with Crippen LogP contribution in [0.2, 0.25) is 0 Å². The van der Waals surface area contributed by atoms with Gasteiger partial charge < -0.3 is 14.0 Å². The molecule has 41 heavy (non-hydrogen) atoms. The predicted octanol–water partition coefficient (Wildman–Crippen LogP) is 4.90. The van der Waals surface area contributed by atoms with Gasteiger partial charge in [0.25, 0.3) is 0 Å². The zero-order chi connectivity index (χ0) is 29.0. The number of Topliss-reactive ketones (excluding diaryl/α,β-unsaturated/α-hetero) is 1. The van der Waals surface area contributed by atoms with Gasteiger partial charge in [-0.25, -0.2) is 9.59 Å². The van der Waals surface area contributed by atoms with Crippen molar-refractivity contribution in [2.45, 2.75) is 13.0 Å². The minimum Gasteiger partial charge on any atom is -0.467 e. The summed E-state index contributed by atoms with van der Waals surface area (Å²) in [5.74, 6) is -1.43. The molecular weight excluding hydrogens is 533 g/mol. The Bertz CT molecular complexity index is 1670. The average Bonchev–Trinajstić information content (AvgIpc) is 3.41. The van der Waals surface area contributed by atoms with Crippen LogP contribution in [0.3, 0.4) is 0 Å². The number of hydrogen-bond acceptors (Lipinski definition) is 5. The van der Waals surface area contributed by atoms with Crippen molar-refractivity contribution < 1.29 is 23.9 Å². The van der Waals surface area contributed by atoms with Gasteiger partial charge in [-0.1, -0.05) is 109 Å². The highest BCUT2D eigenvalue weighted by atomic mass is 31.2. The molecule has 1 atom stereocenters. The molecule has 0 N–H and O–H groups in total. The van der Waals surface area contributed by atoms with Gasteiger partial charge in [-0.15, -0.1) is 0 Å². The molecule has 0 fully saturated rings. The lowest BCUT2D eigenvalue weighted by molar-refractivity contribution is -0.143. The molecule has 0 aliphatic carbocycles. The fraction of sp³-hybridized carbons (Fsp3) is 0.118. The van der Waals surface area contributed by atoms with E-state index in [4.69, 9.17) is 9.47 Å². The lowest BCUT2D eigenvalue weighted by Gasteiger charge is -2.34. The maximum atomic E-state index is 14.3. The van der Waals surface area contributed by atoms with E-state index < -0.39 is 24.9 Å². The van der Waals surface area contributed by atoms with E-state index in [0.29, 0.717) is 16.5 Å². The number of carbonyl (C=O) groups excluding carboxylic acids is 3. The molecular formula is C34H30NO5P. The number of rotatable bonds is 8. The minimum atomic E-state index is -3.08. The number of ketones is 1. The largest absolute Gasteiger partial charge is 0.467 e. The van der Waals surface area contributed by atoms with Crippen LogP contribution < -0.4 is 15.9 Å². The van der Waals surface area contributed by atoms with Crippen molar-refractivity contribution in [1.29, 1.82) is 0 Å². The molecule has 206 valence electrons. The van der Waals surface area contributed by atoms with Crippen molar-refractivity contribution in [2.24, 2.45) is 0 Å². The molecule has 4 aromatic carbocycles. The molecule has 5 rings (SSSR count). The summed E-state index contributed by atoms with van der Waals surface area (Å²) >= 11 is 0. The molecule has 0 saturated carbocycles. The van der Waals surface area contributed by atoms with Crippen LogP contribution in [0.4, 0.5) is 0 Å². The summed E-state index contributed by atoms with van der Waals surface area (Å²) in [6, 6.07) is 35.3. The summed E-state index contributed by atoms with van der Waals surface area (Å²) < 4.78 is 12.6. The lowest BCUT2D eigenvalue weighted by Crippen LogP contribution is -2.41. The Kier molecular flexibility index (Phi) is 8.04. The lowest BCUT2D eigenvalue weighted by atomic mass is 10.1. The van der Waals surface area contributed by atoms with E-state index in [9.17, 15) is 14.4 Å². The van der Waals surface area contributed by atoms with Crippen LogP contribution in [-0.4, -0.2) is 41.8 Å². The highest BCUT2D eigenvalue weighted by Gasteiger charge is 2.42. The van der Waals surface area contributed by atoms with Gasteiger partial charge >= 0.3 is 11.9 Å². The van der Waals surface area contributed by atoms with E-state index in [1.165, 1.54) is 21.1 Å². The number of methoxy groups -OCH3 is 2. The van der Waals surface area contributed by atoms with Gasteiger partial charge in [0.15, 0.2) is 11.8 Å². The quantitative estimate of drug-likeness (QED) is 0.153. The molecule has 0 bridgehead atoms. The maximum absolute atomic E-state index is 14.3. The minimum absolute atomic E-state index is 0.154. The summed E-state index contributed by atoms with van der Waals surface area (Å²) in [6.45, 7) is -1.60. The van der Waals surface area contributed by atoms with E-state index in [1.54, 1.807) is 10.8 Å². The molecule has 1 aromatic heterocycles. The highest BCUT2D eigenvalue weighted by Crippen LogP contribution is 2.49. The maximum Gasteiger partial charge on any atom is 0.337 e. The van der Waals surface area contributed by atoms with Crippen LogP contribution in [-0.2, 0) is 19.1 Å². The van der Waals surface area contributed by atoms with Gasteiger partial charge in [-0.05, 0) is 35.8 Å². The number of para-hydroxylation sites is 1. The van der Waals surface area contributed by atoms with Crippen molar-refractivity contribution in [2.75, 3.05) is 14.2 Å². The van der Waals surface area contributed by atoms with Crippen LogP contribution >= 0.6 is 6.89 Å². The van der Waals surface area contributed by atoms with E-state index in [-0.39, 0.29) is 11.1 Å². The zero-order valence-corrected chi connectivity index (χ0v) is 24.0. The zero-order valence-electron chi connectivity index (χ0n) is 23.1. The van der Waals surface area contributed by atoms with Crippen LogP contribution in [0.15, 0.2) is 121 Å². The second-order valence-electron chi connectivity index (χ2n) is 9.50. The Hall–Kier alpha value is -4.67. The predicted molar refractivity (Wildman–Crippen MR) is 165 cm³/mol. The molecule has 1 unspecified atom stereocenters. The number of esters is 2. The summed E-state index contributed by atoms with van der Waals surface area (Å²) in [5.41, 5.74) is 1.07. The fourth-order valence-corrected chi connectivity index (χ4v) is 10.1. The van der Waals surface area contributed by atoms with Gasteiger partial charge in [-0.2, -0.15) is 0 Å². The molecule has 0 aliphatic rings. The van der Waals surface area contributed by atoms with Gasteiger partial charge in [0.2, 0.25) is 0 Å². The third kappa shape index (κ3) is 4.81. The van der Waals surface area contributed by atoms with Crippen molar-refractivity contribution in [3.63, 3.8) is 0 Å². The molecule has 5 aromatic rings. The molecule has 7 heteroatoms. The molecule has 0 saturated heterocycles. The Morgan fingerprint density at radius 1 is 0.659 bits per heavy atom. The molecule has 0 aliphatic heterocycles. The second-order valence-corrected chi connectivity index (χ2v) is 12.9. The first-order valence-corrected chi connectivity index (χ1v) is 14.9. The van der Waals surface area contributed by atoms with Gasteiger partial charge in [-0.3, -0.25) is 4.79 Å². The topological polar surface area (TPSA) is 74.6 Å². The number of aromatic nitrogens is 1. The Morgan fingerprint density at radius 2 is 1.12 bits per heavy atom. The fourth-order valence-electron chi connectivity index (χ4n) is 5.52. The van der Waals surface area contributed by atoms with E-state index >= 15 is 0 Å². The summed E-state index contributed by atoms with van der Waals surface area (Å²) in [5, 5.41) is 3.53. The first kappa shape index (κ1) is 27.9. The number of hydrogen-bond donors (Lipinski definition) is 0. The molecule has 1 heterocycles. The van der Waals surface area contributed by atoms with Crippen LogP contribution in [0.5, 0.6) is 0 Å².